The molecule has 6 heteroatoms. The molecule has 1 N–H and O–H groups in total. The number of nitrogens with zero attached hydrogens (tertiary/aromatic N) is 2. The van der Waals surface area contributed by atoms with Crippen molar-refractivity contribution in [3.8, 4) is 0 Å². The average molecular weight is 295 g/mol. The third kappa shape index (κ3) is 3.58. The van der Waals surface area contributed by atoms with Crippen LogP contribution in [0, 0.1) is 5.92 Å². The molecule has 1 atom stereocenters. The van der Waals surface area contributed by atoms with Gasteiger partial charge in [0, 0.05) is 12.6 Å². The van der Waals surface area contributed by atoms with Gasteiger partial charge in [0.25, 0.3) is 0 Å². The van der Waals surface area contributed by atoms with Crippen LogP contribution < -0.4 is 4.72 Å². The molecular formula is C14H21N3O2S. The molecule has 0 saturated heterocycles. The predicted octanol–water partition coefficient (Wildman–Crippen LogP) is 2.00. The summed E-state index contributed by atoms with van der Waals surface area (Å²) in [5, 5.41) is 0. The van der Waals surface area contributed by atoms with Gasteiger partial charge in [-0.2, -0.15) is 0 Å². The largest absolute Gasteiger partial charge is 0.330 e. The van der Waals surface area contributed by atoms with Crippen molar-refractivity contribution >= 4 is 21.1 Å². The van der Waals surface area contributed by atoms with Crippen LogP contribution in [-0.2, 0) is 16.6 Å². The van der Waals surface area contributed by atoms with Crippen molar-refractivity contribution in [2.75, 3.05) is 5.75 Å². The summed E-state index contributed by atoms with van der Waals surface area (Å²) in [5.74, 6) is 0.337. The van der Waals surface area contributed by atoms with Crippen LogP contribution in [0.4, 0.5) is 0 Å². The molecule has 1 heterocycles. The second-order valence-corrected chi connectivity index (χ2v) is 7.27. The first-order valence-electron chi connectivity index (χ1n) is 6.79. The molecule has 20 heavy (non-hydrogen) atoms. The first-order chi connectivity index (χ1) is 9.39. The van der Waals surface area contributed by atoms with Crippen molar-refractivity contribution in [1.82, 2.24) is 14.3 Å². The van der Waals surface area contributed by atoms with Gasteiger partial charge in [0.2, 0.25) is 10.0 Å². The average Bonchev–Trinajstić information content (AvgIpc) is 2.79. The molecule has 1 aromatic heterocycles. The Kier molecular flexibility index (Phi) is 4.45. The lowest BCUT2D eigenvalue weighted by Gasteiger charge is -2.17. The van der Waals surface area contributed by atoms with Gasteiger partial charge < -0.3 is 4.57 Å². The third-order valence-corrected chi connectivity index (χ3v) is 4.94. The van der Waals surface area contributed by atoms with Crippen molar-refractivity contribution in [1.29, 1.82) is 0 Å². The van der Waals surface area contributed by atoms with Crippen LogP contribution >= 0.6 is 0 Å². The molecular weight excluding hydrogens is 274 g/mol. The van der Waals surface area contributed by atoms with Gasteiger partial charge in [-0.15, -0.1) is 0 Å². The molecule has 2 aromatic rings. The summed E-state index contributed by atoms with van der Waals surface area (Å²) in [6.45, 7) is 6.28. The summed E-state index contributed by atoms with van der Waals surface area (Å²) >= 11 is 0. The van der Waals surface area contributed by atoms with Crippen LogP contribution in [0.2, 0.25) is 0 Å². The number of fused-ring (bicyclic) bond motifs is 1. The molecule has 0 bridgehead atoms. The van der Waals surface area contributed by atoms with Crippen molar-refractivity contribution in [2.45, 2.75) is 33.4 Å². The van der Waals surface area contributed by atoms with E-state index in [4.69, 9.17) is 0 Å². The van der Waals surface area contributed by atoms with Gasteiger partial charge in [-0.25, -0.2) is 18.1 Å². The zero-order chi connectivity index (χ0) is 14.8. The maximum absolute atomic E-state index is 12.0. The van der Waals surface area contributed by atoms with E-state index in [1.54, 1.807) is 6.33 Å². The summed E-state index contributed by atoms with van der Waals surface area (Å²) in [7, 11) is -3.27. The van der Waals surface area contributed by atoms with E-state index in [2.05, 4.69) is 9.71 Å². The van der Waals surface area contributed by atoms with Crippen molar-refractivity contribution < 1.29 is 8.42 Å². The van der Waals surface area contributed by atoms with E-state index < -0.39 is 10.0 Å². The molecule has 0 aliphatic carbocycles. The van der Waals surface area contributed by atoms with E-state index in [0.29, 0.717) is 6.54 Å². The van der Waals surface area contributed by atoms with Crippen molar-refractivity contribution in [2.24, 2.45) is 5.92 Å². The van der Waals surface area contributed by atoms with Crippen molar-refractivity contribution in [3.05, 3.63) is 30.6 Å². The fourth-order valence-electron chi connectivity index (χ4n) is 1.89. The molecule has 110 valence electrons. The number of para-hydroxylation sites is 2. The quantitative estimate of drug-likeness (QED) is 0.886. The number of nitrogens with one attached hydrogen (secondary N) is 1. The van der Waals surface area contributed by atoms with Crippen molar-refractivity contribution in [3.63, 3.8) is 0 Å². The maximum Gasteiger partial charge on any atom is 0.213 e. The van der Waals surface area contributed by atoms with E-state index in [9.17, 15) is 8.42 Å². The fourth-order valence-corrected chi connectivity index (χ4v) is 3.28. The second kappa shape index (κ2) is 5.93. The fraction of sp³-hybridized carbons (Fsp3) is 0.500. The Hall–Kier alpha value is -1.40. The molecule has 0 fully saturated rings. The van der Waals surface area contributed by atoms with Gasteiger partial charge in [-0.3, -0.25) is 0 Å². The third-order valence-electron chi connectivity index (χ3n) is 3.49. The number of rotatable bonds is 6. The lowest BCUT2D eigenvalue weighted by atomic mass is 10.1. The van der Waals surface area contributed by atoms with Gasteiger partial charge in [-0.1, -0.05) is 26.0 Å². The molecule has 0 aliphatic rings. The number of aromatic nitrogens is 2. The smallest absolute Gasteiger partial charge is 0.213 e. The summed E-state index contributed by atoms with van der Waals surface area (Å²) in [4.78, 5) is 4.26. The monoisotopic (exact) mass is 295 g/mol. The summed E-state index contributed by atoms with van der Waals surface area (Å²) in [6, 6.07) is 7.65. The summed E-state index contributed by atoms with van der Waals surface area (Å²) < 4.78 is 28.6. The number of hydrogen-bond acceptors (Lipinski definition) is 3. The highest BCUT2D eigenvalue weighted by Gasteiger charge is 2.17. The van der Waals surface area contributed by atoms with Crippen LogP contribution in [0.1, 0.15) is 20.8 Å². The number of aryl methyl sites for hydroxylation is 1. The van der Waals surface area contributed by atoms with E-state index in [-0.39, 0.29) is 17.7 Å². The molecule has 0 unspecified atom stereocenters. The minimum absolute atomic E-state index is 0.0560. The predicted molar refractivity (Wildman–Crippen MR) is 81.0 cm³/mol. The summed E-state index contributed by atoms with van der Waals surface area (Å²) in [5.41, 5.74) is 1.84. The minimum Gasteiger partial charge on any atom is -0.330 e. The highest BCUT2D eigenvalue weighted by molar-refractivity contribution is 7.89. The van der Waals surface area contributed by atoms with E-state index in [0.717, 1.165) is 11.0 Å². The molecule has 0 amide bonds. The van der Waals surface area contributed by atoms with Crippen LogP contribution in [0.25, 0.3) is 11.0 Å². The number of hydrogen-bond donors (Lipinski definition) is 1. The van der Waals surface area contributed by atoms with Gasteiger partial charge >= 0.3 is 0 Å². The van der Waals surface area contributed by atoms with Gasteiger partial charge in [0.05, 0.1) is 23.1 Å². The Labute approximate surface area is 120 Å². The molecule has 0 radical (unpaired) electrons. The normalized spacial score (nSPS) is 14.0. The molecule has 5 nitrogen and oxygen atoms in total. The lowest BCUT2D eigenvalue weighted by molar-refractivity contribution is 0.475. The minimum atomic E-state index is -3.27. The topological polar surface area (TPSA) is 64.0 Å². The highest BCUT2D eigenvalue weighted by atomic mass is 32.2. The zero-order valence-corrected chi connectivity index (χ0v) is 12.9. The van der Waals surface area contributed by atoms with Crippen LogP contribution in [0.15, 0.2) is 30.6 Å². The standard InChI is InChI=1S/C14H21N3O2S/c1-11(2)12(3)16-20(18,19)9-8-17-10-15-13-6-4-5-7-14(13)17/h4-7,10-12,16H,8-9H2,1-3H3/t12-/m1/s1. The Bertz CT molecular complexity index is 677. The molecule has 0 aliphatic heterocycles. The highest BCUT2D eigenvalue weighted by Crippen LogP contribution is 2.12. The molecule has 0 spiro atoms. The second-order valence-electron chi connectivity index (χ2n) is 5.40. The summed E-state index contributed by atoms with van der Waals surface area (Å²) in [6.07, 6.45) is 1.69. The lowest BCUT2D eigenvalue weighted by Crippen LogP contribution is -2.38. The number of imidazole rings is 1. The van der Waals surface area contributed by atoms with E-state index >= 15 is 0 Å². The van der Waals surface area contributed by atoms with Gasteiger partial charge in [-0.05, 0) is 25.0 Å². The maximum atomic E-state index is 12.0. The van der Waals surface area contributed by atoms with E-state index in [1.807, 2.05) is 49.6 Å². The van der Waals surface area contributed by atoms with Gasteiger partial charge in [0.1, 0.15) is 0 Å². The van der Waals surface area contributed by atoms with Gasteiger partial charge in [0.15, 0.2) is 0 Å². The number of sulfonamides is 1. The first-order valence-corrected chi connectivity index (χ1v) is 8.44. The molecule has 1 aromatic carbocycles. The Morgan fingerprint density at radius 2 is 1.95 bits per heavy atom. The Balaban J connectivity index is 2.05. The van der Waals surface area contributed by atoms with Crippen LogP contribution in [-0.4, -0.2) is 29.8 Å². The molecule has 0 saturated carbocycles. The van der Waals surface area contributed by atoms with Crippen LogP contribution in [0.3, 0.4) is 0 Å². The van der Waals surface area contributed by atoms with Crippen LogP contribution in [0.5, 0.6) is 0 Å². The molecule has 2 rings (SSSR count). The first kappa shape index (κ1) is 15.0. The Morgan fingerprint density at radius 3 is 2.65 bits per heavy atom. The number of benzene rings is 1. The SMILES string of the molecule is CC(C)[C@@H](C)NS(=O)(=O)CCn1cnc2ccccc21. The Morgan fingerprint density at radius 1 is 1.25 bits per heavy atom. The van der Waals surface area contributed by atoms with E-state index in [1.165, 1.54) is 0 Å². The zero-order valence-electron chi connectivity index (χ0n) is 12.1.